The first kappa shape index (κ1) is 43.6. The van der Waals surface area contributed by atoms with Gasteiger partial charge in [-0.2, -0.15) is 0 Å². The van der Waals surface area contributed by atoms with Crippen molar-refractivity contribution in [1.82, 2.24) is 0 Å². The fourth-order valence-electron chi connectivity index (χ4n) is 21.9. The predicted octanol–water partition coefficient (Wildman–Crippen LogP) is 12.0. The zero-order valence-electron chi connectivity index (χ0n) is 39.7. The van der Waals surface area contributed by atoms with Gasteiger partial charge in [0.25, 0.3) is 0 Å². The van der Waals surface area contributed by atoms with Crippen molar-refractivity contribution in [3.63, 3.8) is 0 Å². The lowest BCUT2D eigenvalue weighted by molar-refractivity contribution is -0.267. The van der Waals surface area contributed by atoms with Crippen molar-refractivity contribution in [1.29, 1.82) is 0 Å². The van der Waals surface area contributed by atoms with Crippen LogP contribution in [0.25, 0.3) is 0 Å². The number of hydrogen-bond acceptors (Lipinski definition) is 4. The average molecular weight is 819 g/mol. The summed E-state index contributed by atoms with van der Waals surface area (Å²) in [5, 5.41) is 46.1. The van der Waals surface area contributed by atoms with E-state index in [1.165, 1.54) is 64.2 Å². The van der Waals surface area contributed by atoms with Gasteiger partial charge in [0.1, 0.15) is 0 Å². The number of carboxylic acids is 1. The van der Waals surface area contributed by atoms with Gasteiger partial charge in [0.15, 0.2) is 0 Å². The maximum Gasteiger partial charge on any atom is 0.303 e. The molecule has 0 saturated heterocycles. The maximum atomic E-state index is 12.5. The maximum absolute atomic E-state index is 12.5. The van der Waals surface area contributed by atoms with Gasteiger partial charge < -0.3 is 20.4 Å². The molecule has 4 N–H and O–H groups in total. The molecule has 9 rings (SSSR count). The molecule has 336 valence electrons. The third-order valence-corrected chi connectivity index (χ3v) is 25.2. The fraction of sp³-hybridized carbons (Fsp3) is 0.981. The van der Waals surface area contributed by atoms with Crippen LogP contribution >= 0.6 is 0 Å². The van der Waals surface area contributed by atoms with E-state index in [9.17, 15) is 25.2 Å². The van der Waals surface area contributed by atoms with Gasteiger partial charge in [0.2, 0.25) is 0 Å². The first-order chi connectivity index (χ1) is 27.5. The van der Waals surface area contributed by atoms with Crippen molar-refractivity contribution in [3.8, 4) is 0 Å². The molecule has 0 unspecified atom stereocenters. The molecule has 9 aliphatic carbocycles. The highest BCUT2D eigenvalue weighted by molar-refractivity contribution is 5.66. The van der Waals surface area contributed by atoms with E-state index in [0.29, 0.717) is 45.8 Å². The molecule has 0 heterocycles. The van der Waals surface area contributed by atoms with Crippen LogP contribution in [0.2, 0.25) is 0 Å². The summed E-state index contributed by atoms with van der Waals surface area (Å²) >= 11 is 0. The van der Waals surface area contributed by atoms with Crippen LogP contribution in [-0.4, -0.2) is 44.7 Å². The minimum absolute atomic E-state index is 0.0363. The van der Waals surface area contributed by atoms with Crippen LogP contribution in [0, 0.1) is 121 Å². The molecule has 9 aliphatic rings. The summed E-state index contributed by atoms with van der Waals surface area (Å²) in [6.45, 7) is 28.8. The Labute approximate surface area is 360 Å². The van der Waals surface area contributed by atoms with E-state index in [2.05, 4.69) is 76.2 Å². The number of carbonyl (C=O) groups is 1. The second kappa shape index (κ2) is 14.2. The Morgan fingerprint density at radius 1 is 0.644 bits per heavy atom. The monoisotopic (exact) mass is 819 g/mol. The minimum Gasteiger partial charge on any atom is -0.481 e. The Bertz CT molecular complexity index is 1620. The molecule has 0 aromatic rings. The molecule has 23 atom stereocenters. The van der Waals surface area contributed by atoms with Crippen molar-refractivity contribution in [2.45, 2.75) is 210 Å². The zero-order chi connectivity index (χ0) is 42.6. The first-order valence-electron chi connectivity index (χ1n) is 25.8. The second-order valence-corrected chi connectivity index (χ2v) is 26.8. The van der Waals surface area contributed by atoms with Crippen molar-refractivity contribution in [2.24, 2.45) is 121 Å². The van der Waals surface area contributed by atoms with Gasteiger partial charge in [-0.25, -0.2) is 0 Å². The second-order valence-electron chi connectivity index (χ2n) is 26.8. The molecular weight excluding hydrogens is 729 g/mol. The molecule has 0 radical (unpaired) electrons. The molecule has 59 heavy (non-hydrogen) atoms. The normalized spacial score (nSPS) is 59.4. The Morgan fingerprint density at radius 2 is 1.36 bits per heavy atom. The summed E-state index contributed by atoms with van der Waals surface area (Å²) in [5.74, 6) is 6.46. The number of aliphatic carboxylic acids is 1. The molecule has 0 aromatic carbocycles. The zero-order valence-corrected chi connectivity index (χ0v) is 39.7. The molecule has 0 aromatic heterocycles. The van der Waals surface area contributed by atoms with E-state index in [0.717, 1.165) is 68.1 Å². The van der Waals surface area contributed by atoms with E-state index in [1.807, 2.05) is 0 Å². The lowest BCUT2D eigenvalue weighted by Crippen LogP contribution is -2.68. The molecular formula is C54H90O5. The number of fused-ring (bicyclic) bond motifs is 12. The van der Waals surface area contributed by atoms with Crippen LogP contribution in [0.1, 0.15) is 192 Å². The summed E-state index contributed by atoms with van der Waals surface area (Å²) < 4.78 is 0. The van der Waals surface area contributed by atoms with E-state index in [1.54, 1.807) is 0 Å². The Balaban J connectivity index is 1.01. The summed E-state index contributed by atoms with van der Waals surface area (Å²) in [6, 6.07) is 0. The highest BCUT2D eigenvalue weighted by Gasteiger charge is 2.73. The van der Waals surface area contributed by atoms with Crippen molar-refractivity contribution < 1.29 is 25.2 Å². The van der Waals surface area contributed by atoms with Crippen LogP contribution in [0.15, 0.2) is 0 Å². The molecule has 5 heteroatoms. The van der Waals surface area contributed by atoms with Crippen LogP contribution in [0.3, 0.4) is 0 Å². The minimum atomic E-state index is -0.733. The molecule has 9 fully saturated rings. The van der Waals surface area contributed by atoms with Crippen LogP contribution in [0.4, 0.5) is 0 Å². The topological polar surface area (TPSA) is 98.0 Å². The molecule has 5 nitrogen and oxygen atoms in total. The van der Waals surface area contributed by atoms with Gasteiger partial charge in [0, 0.05) is 6.42 Å². The quantitative estimate of drug-likeness (QED) is 0.221. The molecule has 0 spiro atoms. The Hall–Kier alpha value is -0.650. The van der Waals surface area contributed by atoms with Crippen molar-refractivity contribution in [2.75, 3.05) is 0 Å². The van der Waals surface area contributed by atoms with Gasteiger partial charge in [-0.3, -0.25) is 4.79 Å². The number of rotatable bonds is 5. The largest absolute Gasteiger partial charge is 0.481 e. The number of aliphatic hydroxyl groups excluding tert-OH is 3. The van der Waals surface area contributed by atoms with Gasteiger partial charge >= 0.3 is 5.97 Å². The van der Waals surface area contributed by atoms with Gasteiger partial charge in [-0.1, -0.05) is 76.2 Å². The van der Waals surface area contributed by atoms with Gasteiger partial charge in [0.05, 0.1) is 18.3 Å². The Kier molecular flexibility index (Phi) is 10.5. The molecule has 0 bridgehead atoms. The summed E-state index contributed by atoms with van der Waals surface area (Å²) in [5.41, 5.74) is 1.46. The van der Waals surface area contributed by atoms with E-state index >= 15 is 0 Å². The smallest absolute Gasteiger partial charge is 0.303 e. The highest BCUT2D eigenvalue weighted by Crippen LogP contribution is 2.79. The van der Waals surface area contributed by atoms with Gasteiger partial charge in [-0.15, -0.1) is 0 Å². The van der Waals surface area contributed by atoms with E-state index in [4.69, 9.17) is 0 Å². The lowest BCUT2D eigenvalue weighted by Gasteiger charge is -2.75. The van der Waals surface area contributed by atoms with Crippen molar-refractivity contribution >= 4 is 5.97 Å². The lowest BCUT2D eigenvalue weighted by atomic mass is 9.30. The van der Waals surface area contributed by atoms with Gasteiger partial charge in [-0.05, 0) is 230 Å². The van der Waals surface area contributed by atoms with E-state index < -0.39 is 18.2 Å². The summed E-state index contributed by atoms with van der Waals surface area (Å²) in [6.07, 6.45) is 18.7. The highest BCUT2D eigenvalue weighted by atomic mass is 16.4. The average Bonchev–Trinajstić information content (AvgIpc) is 3.52. The summed E-state index contributed by atoms with van der Waals surface area (Å²) in [4.78, 5) is 11.6. The fourth-order valence-corrected chi connectivity index (χ4v) is 21.9. The summed E-state index contributed by atoms with van der Waals surface area (Å²) in [7, 11) is 0. The SMILES string of the molecule is C[C@@H]1[C@H]2[C@H]3CC[C@@H]4[C@@]5(C)CC[C@H]([C@H]6C[C@@H](O)C[C@H]7C[C@@H](O)[C@H]8[C@@H]9CC[C@H]([C@H](C)CCC(=O)O)[C@@]9(C)[C@@H](O)C[C@@H]8[C@]76C)C(C)(C)[C@H]5CC[C@@]4(C)[C@]3(C)CC[C@@]2(C)CC[C@H]1C. The van der Waals surface area contributed by atoms with Crippen LogP contribution in [-0.2, 0) is 4.79 Å². The number of hydrogen-bond donors (Lipinski definition) is 4. The van der Waals surface area contributed by atoms with E-state index in [-0.39, 0.29) is 64.3 Å². The molecule has 0 aliphatic heterocycles. The third-order valence-electron chi connectivity index (χ3n) is 25.2. The number of carboxylic acid groups (broad SMARTS) is 1. The predicted molar refractivity (Wildman–Crippen MR) is 237 cm³/mol. The van der Waals surface area contributed by atoms with Crippen LogP contribution in [0.5, 0.6) is 0 Å². The Morgan fingerprint density at radius 3 is 2.07 bits per heavy atom. The van der Waals surface area contributed by atoms with Crippen LogP contribution < -0.4 is 0 Å². The third kappa shape index (κ3) is 5.78. The van der Waals surface area contributed by atoms with Crippen molar-refractivity contribution in [3.05, 3.63) is 0 Å². The number of aliphatic hydroxyl groups is 3. The standard InChI is InChI=1S/C54H90O5/c1-30-18-21-49(6)24-25-51(8)38(47(49)32(30)3)15-16-43-50(7)22-19-36(48(4,5)42(50)20-23-52(43,51)9)39-28-34(55)26-33-27-41(56)46-37-14-13-35(31(2)12-17-45(58)59)54(37,11)44(57)29-40(46)53(33,39)10/h30-44,46-47,55-57H,12-29H2,1-11H3,(H,58,59)/t30-,31-,32+,33+,34+,35-,36-,37+,38-,39-,40+,41-,42-,43-,44+,46+,47+,49-,50+,51-,52-,53-,54-/m1/s1. The molecule has 0 amide bonds. The first-order valence-corrected chi connectivity index (χ1v) is 25.8. The molecule has 9 saturated carbocycles.